The molecule has 6 rings (SSSR count). The fraction of sp³-hybridized carbons (Fsp3) is 0.205. The van der Waals surface area contributed by atoms with E-state index in [0.29, 0.717) is 56.6 Å². The van der Waals surface area contributed by atoms with Gasteiger partial charge in [-0.15, -0.1) is 0 Å². The highest BCUT2D eigenvalue weighted by Crippen LogP contribution is 2.36. The Bertz CT molecular complexity index is 2160. The maximum absolute atomic E-state index is 14.3. The van der Waals surface area contributed by atoms with E-state index in [1.54, 1.807) is 35.8 Å². The number of hydrogen-bond donors (Lipinski definition) is 0. The molecule has 0 spiro atoms. The molecular weight excluding hydrogens is 644 g/mol. The lowest BCUT2D eigenvalue weighted by molar-refractivity contribution is -0.138. The zero-order valence-corrected chi connectivity index (χ0v) is 28.2. The van der Waals surface area contributed by atoms with Crippen molar-refractivity contribution in [2.75, 3.05) is 19.8 Å². The molecule has 0 bridgehead atoms. The van der Waals surface area contributed by atoms with E-state index >= 15 is 0 Å². The van der Waals surface area contributed by atoms with Crippen molar-refractivity contribution < 1.29 is 28.1 Å². The van der Waals surface area contributed by atoms with E-state index < -0.39 is 12.0 Å². The summed E-state index contributed by atoms with van der Waals surface area (Å²) in [6.07, 6.45) is 1.78. The lowest BCUT2D eigenvalue weighted by Crippen LogP contribution is -2.40. The molecule has 0 saturated carbocycles. The predicted molar refractivity (Wildman–Crippen MR) is 187 cm³/mol. The second-order valence-electron chi connectivity index (χ2n) is 11.0. The van der Waals surface area contributed by atoms with Crippen LogP contribution in [0.15, 0.2) is 112 Å². The van der Waals surface area contributed by atoms with Crippen LogP contribution in [0.25, 0.3) is 11.8 Å². The van der Waals surface area contributed by atoms with E-state index in [0.717, 1.165) is 11.1 Å². The summed E-state index contributed by atoms with van der Waals surface area (Å²) in [4.78, 5) is 33.4. The second-order valence-corrected chi connectivity index (χ2v) is 12.0. The van der Waals surface area contributed by atoms with E-state index in [2.05, 4.69) is 0 Å². The van der Waals surface area contributed by atoms with Crippen LogP contribution in [0.3, 0.4) is 0 Å². The number of esters is 1. The molecule has 0 unspecified atom stereocenters. The van der Waals surface area contributed by atoms with Crippen LogP contribution in [0.4, 0.5) is 4.39 Å². The molecule has 0 N–H and O–H groups in total. The number of aromatic nitrogens is 1. The van der Waals surface area contributed by atoms with Crippen molar-refractivity contribution in [3.63, 3.8) is 0 Å². The molecule has 0 fully saturated rings. The van der Waals surface area contributed by atoms with Crippen LogP contribution in [0, 0.1) is 5.82 Å². The van der Waals surface area contributed by atoms with Gasteiger partial charge in [0.1, 0.15) is 18.2 Å². The minimum absolute atomic E-state index is 0.163. The number of rotatable bonds is 12. The van der Waals surface area contributed by atoms with E-state index in [9.17, 15) is 14.0 Å². The molecule has 1 aliphatic heterocycles. The van der Waals surface area contributed by atoms with Gasteiger partial charge in [-0.3, -0.25) is 9.36 Å². The van der Waals surface area contributed by atoms with Gasteiger partial charge in [-0.1, -0.05) is 72.0 Å². The Balaban J connectivity index is 1.47. The number of fused-ring (bicyclic) bond motifs is 1. The largest absolute Gasteiger partial charge is 0.494 e. The standard InChI is InChI=1S/C39H35FN2O6S/c1-4-45-30-19-15-28(16-20-30)36-34(38(44)47-6-3)35(27-10-8-7-9-11-27)41-39-42(36)37(43)33(49-39)23-26-14-21-31(32(22-26)46-5-2)48-24-25-12-17-29(40)18-13-25/h7-23,36H,4-6,24H2,1-3H3/b33-23-/t36-/m1/s1. The van der Waals surface area contributed by atoms with Crippen LogP contribution in [0.2, 0.25) is 0 Å². The van der Waals surface area contributed by atoms with Crippen molar-refractivity contribution in [1.29, 1.82) is 0 Å². The lowest BCUT2D eigenvalue weighted by atomic mass is 9.93. The summed E-state index contributed by atoms with van der Waals surface area (Å²) >= 11 is 1.24. The topological polar surface area (TPSA) is 88.4 Å². The van der Waals surface area contributed by atoms with Gasteiger partial charge in [0.05, 0.1) is 41.7 Å². The Kier molecular flexibility index (Phi) is 10.3. The summed E-state index contributed by atoms with van der Waals surface area (Å²) in [6.45, 7) is 6.84. The molecule has 0 saturated heterocycles. The first-order valence-electron chi connectivity index (χ1n) is 16.1. The fourth-order valence-electron chi connectivity index (χ4n) is 5.56. The number of nitrogens with zero attached hydrogens (tertiary/aromatic N) is 2. The van der Waals surface area contributed by atoms with E-state index in [4.69, 9.17) is 23.9 Å². The minimum Gasteiger partial charge on any atom is -0.494 e. The quantitative estimate of drug-likeness (QED) is 0.141. The third kappa shape index (κ3) is 7.34. The number of hydrogen-bond acceptors (Lipinski definition) is 8. The maximum Gasteiger partial charge on any atom is 0.338 e. The Morgan fingerprint density at radius 3 is 2.29 bits per heavy atom. The van der Waals surface area contributed by atoms with E-state index in [-0.39, 0.29) is 30.2 Å². The monoisotopic (exact) mass is 678 g/mol. The van der Waals surface area contributed by atoms with Crippen molar-refractivity contribution in [3.05, 3.63) is 150 Å². The third-order valence-corrected chi connectivity index (χ3v) is 8.74. The summed E-state index contributed by atoms with van der Waals surface area (Å²) in [5.41, 5.74) is 3.40. The maximum atomic E-state index is 14.3. The molecule has 4 aromatic carbocycles. The molecule has 1 atom stereocenters. The molecule has 1 aromatic heterocycles. The third-order valence-electron chi connectivity index (χ3n) is 7.75. The SMILES string of the molecule is CCOC(=O)C1=C(c2ccccc2)N=c2s/c(=C\c3ccc(OCc4ccc(F)cc4)c(OCC)c3)c(=O)n2[C@@H]1c1ccc(OCC)cc1. The van der Waals surface area contributed by atoms with Crippen LogP contribution in [-0.2, 0) is 16.1 Å². The first kappa shape index (κ1) is 33.4. The highest BCUT2D eigenvalue weighted by molar-refractivity contribution is 7.07. The van der Waals surface area contributed by atoms with Crippen LogP contribution in [0.1, 0.15) is 49.1 Å². The summed E-state index contributed by atoms with van der Waals surface area (Å²) in [5, 5.41) is 0. The molecule has 0 aliphatic carbocycles. The highest BCUT2D eigenvalue weighted by atomic mass is 32.1. The Morgan fingerprint density at radius 2 is 1.59 bits per heavy atom. The molecule has 10 heteroatoms. The van der Waals surface area contributed by atoms with Crippen LogP contribution >= 0.6 is 11.3 Å². The molecule has 8 nitrogen and oxygen atoms in total. The molecule has 5 aromatic rings. The molecule has 250 valence electrons. The normalized spacial score (nSPS) is 14.2. The number of thiazole rings is 1. The second kappa shape index (κ2) is 15.2. The van der Waals surface area contributed by atoms with Crippen molar-refractivity contribution >= 4 is 29.1 Å². The van der Waals surface area contributed by atoms with Gasteiger partial charge in [0, 0.05) is 5.56 Å². The van der Waals surface area contributed by atoms with Gasteiger partial charge >= 0.3 is 5.97 Å². The number of carbonyl (C=O) groups is 1. The van der Waals surface area contributed by atoms with Gasteiger partial charge in [0.15, 0.2) is 16.3 Å². The first-order valence-corrected chi connectivity index (χ1v) is 16.9. The van der Waals surface area contributed by atoms with Crippen LogP contribution < -0.4 is 29.1 Å². The Hall–Kier alpha value is -5.48. The zero-order chi connectivity index (χ0) is 34.3. The van der Waals surface area contributed by atoms with Crippen molar-refractivity contribution in [1.82, 2.24) is 4.57 Å². The number of carbonyl (C=O) groups excluding carboxylic acids is 1. The first-order chi connectivity index (χ1) is 23.9. The molecule has 0 amide bonds. The number of ether oxygens (including phenoxy) is 4. The number of halogens is 1. The molecule has 49 heavy (non-hydrogen) atoms. The van der Waals surface area contributed by atoms with Gasteiger partial charge in [-0.25, -0.2) is 14.2 Å². The van der Waals surface area contributed by atoms with E-state index in [1.807, 2.05) is 80.6 Å². The molecule has 1 aliphatic rings. The highest BCUT2D eigenvalue weighted by Gasteiger charge is 2.35. The van der Waals surface area contributed by atoms with Gasteiger partial charge < -0.3 is 18.9 Å². The van der Waals surface area contributed by atoms with Gasteiger partial charge in [0.2, 0.25) is 0 Å². The van der Waals surface area contributed by atoms with Crippen molar-refractivity contribution in [2.24, 2.45) is 4.99 Å². The van der Waals surface area contributed by atoms with Gasteiger partial charge in [-0.2, -0.15) is 0 Å². The van der Waals surface area contributed by atoms with E-state index in [1.165, 1.54) is 23.5 Å². The Labute approximate surface area is 287 Å². The van der Waals surface area contributed by atoms with Gasteiger partial charge in [0.25, 0.3) is 5.56 Å². The number of benzene rings is 4. The van der Waals surface area contributed by atoms with Crippen LogP contribution in [0.5, 0.6) is 17.2 Å². The smallest absolute Gasteiger partial charge is 0.338 e. The molecule has 2 heterocycles. The summed E-state index contributed by atoms with van der Waals surface area (Å²) < 4.78 is 38.5. The summed E-state index contributed by atoms with van der Waals surface area (Å²) in [6, 6.07) is 27.5. The predicted octanol–water partition coefficient (Wildman–Crippen LogP) is 6.45. The van der Waals surface area contributed by atoms with Gasteiger partial charge in [-0.05, 0) is 79.9 Å². The zero-order valence-electron chi connectivity index (χ0n) is 27.4. The average Bonchev–Trinajstić information content (AvgIpc) is 3.43. The van der Waals surface area contributed by atoms with Crippen LogP contribution in [-0.4, -0.2) is 30.4 Å². The summed E-state index contributed by atoms with van der Waals surface area (Å²) in [7, 11) is 0. The lowest BCUT2D eigenvalue weighted by Gasteiger charge is -2.26. The average molecular weight is 679 g/mol. The minimum atomic E-state index is -0.801. The molecular formula is C39H35FN2O6S. The fourth-order valence-corrected chi connectivity index (χ4v) is 6.56. The summed E-state index contributed by atoms with van der Waals surface area (Å²) in [5.74, 6) is 0.850. The van der Waals surface area contributed by atoms with Crippen molar-refractivity contribution in [2.45, 2.75) is 33.4 Å². The Morgan fingerprint density at radius 1 is 0.857 bits per heavy atom. The van der Waals surface area contributed by atoms with Crippen molar-refractivity contribution in [3.8, 4) is 17.2 Å². The molecule has 0 radical (unpaired) electrons.